The Morgan fingerprint density at radius 1 is 1.10 bits per heavy atom. The minimum atomic E-state index is -0.743. The topological polar surface area (TPSA) is 146 Å². The number of esters is 1. The normalized spacial score (nSPS) is 18.3. The number of β-lactam (4-membered cyclic amide) rings is 1. The quantitative estimate of drug-likeness (QED) is 0.0505. The number of nitro benzene ring substituents is 1. The molecule has 0 saturated carbocycles. The van der Waals surface area contributed by atoms with E-state index in [1.165, 1.54) is 78.6 Å². The molecular formula is C36H46N2O9S2. The van der Waals surface area contributed by atoms with Crippen molar-refractivity contribution in [2.24, 2.45) is 0 Å². The molecule has 3 atom stereocenters. The second-order valence-electron chi connectivity index (χ2n) is 12.3. The fraction of sp³-hybridized carbons (Fsp3) is 0.500. The van der Waals surface area contributed by atoms with Crippen LogP contribution in [0.3, 0.4) is 0 Å². The highest BCUT2D eigenvalue weighted by Crippen LogP contribution is 2.46. The van der Waals surface area contributed by atoms with Crippen molar-refractivity contribution in [1.29, 1.82) is 0 Å². The molecule has 49 heavy (non-hydrogen) atoms. The highest BCUT2D eigenvalue weighted by atomic mass is 32.2. The maximum Gasteiger partial charge on any atom is 0.356 e. The van der Waals surface area contributed by atoms with Crippen LogP contribution in [0, 0.1) is 10.1 Å². The summed E-state index contributed by atoms with van der Waals surface area (Å²) >= 11 is 1.39. The van der Waals surface area contributed by atoms with Crippen LogP contribution in [-0.2, 0) is 38.2 Å². The van der Waals surface area contributed by atoms with Gasteiger partial charge in [0.25, 0.3) is 11.6 Å². The van der Waals surface area contributed by atoms with Crippen molar-refractivity contribution >= 4 is 40.1 Å². The third-order valence-corrected chi connectivity index (χ3v) is 11.3. The zero-order chi connectivity index (χ0) is 35.5. The number of aliphatic hydroxyl groups excluding tert-OH is 1. The molecule has 266 valence electrons. The number of benzene rings is 2. The fourth-order valence-electron chi connectivity index (χ4n) is 5.93. The number of non-ortho nitro benzene ring substituents is 1. The van der Waals surface area contributed by atoms with Gasteiger partial charge in [-0.1, -0.05) is 52.0 Å². The van der Waals surface area contributed by atoms with Gasteiger partial charge < -0.3 is 19.3 Å². The maximum absolute atomic E-state index is 12.6. The van der Waals surface area contributed by atoms with Crippen LogP contribution in [-0.4, -0.2) is 67.7 Å². The van der Waals surface area contributed by atoms with Crippen molar-refractivity contribution in [3.8, 4) is 11.5 Å². The summed E-state index contributed by atoms with van der Waals surface area (Å²) < 4.78 is 28.4. The van der Waals surface area contributed by atoms with E-state index in [9.17, 15) is 29.0 Å². The number of hydrogen-bond acceptors (Lipinski definition) is 10. The summed E-state index contributed by atoms with van der Waals surface area (Å²) in [4.78, 5) is 37.4. The third kappa shape index (κ3) is 9.73. The van der Waals surface area contributed by atoms with Gasteiger partial charge in [0.15, 0.2) is 11.5 Å². The van der Waals surface area contributed by atoms with Crippen LogP contribution >= 0.6 is 11.8 Å². The van der Waals surface area contributed by atoms with Gasteiger partial charge in [-0.05, 0) is 67.0 Å². The minimum absolute atomic E-state index is 0.0409. The average Bonchev–Trinajstić information content (AvgIpc) is 3.71. The van der Waals surface area contributed by atoms with Crippen molar-refractivity contribution in [3.63, 3.8) is 0 Å². The molecule has 11 nitrogen and oxygen atoms in total. The lowest BCUT2D eigenvalue weighted by Gasteiger charge is -2.39. The molecule has 0 bridgehead atoms. The lowest BCUT2D eigenvalue weighted by Crippen LogP contribution is -2.53. The molecule has 3 aliphatic heterocycles. The predicted octanol–water partition coefficient (Wildman–Crippen LogP) is 6.59. The Balaban J connectivity index is 0.000000226. The molecule has 1 fully saturated rings. The number of aliphatic hydroxyl groups is 1. The highest BCUT2D eigenvalue weighted by molar-refractivity contribution is 8.02. The summed E-state index contributed by atoms with van der Waals surface area (Å²) in [6, 6.07) is 11.5. The Labute approximate surface area is 294 Å². The van der Waals surface area contributed by atoms with Crippen molar-refractivity contribution in [2.75, 3.05) is 25.4 Å². The number of carbonyl (C=O) groups is 2. The molecule has 1 amide bonds. The number of nitrogens with zero attached hydrogens (tertiary/aromatic N) is 2. The summed E-state index contributed by atoms with van der Waals surface area (Å²) in [5.41, 5.74) is 3.16. The van der Waals surface area contributed by atoms with Crippen molar-refractivity contribution in [3.05, 3.63) is 85.5 Å². The molecule has 0 radical (unpaired) electrons. The van der Waals surface area contributed by atoms with Crippen LogP contribution in [0.25, 0.3) is 0 Å². The first-order valence-electron chi connectivity index (χ1n) is 16.7. The highest BCUT2D eigenvalue weighted by Gasteiger charge is 2.52. The first-order valence-corrected chi connectivity index (χ1v) is 19.3. The molecule has 0 aromatic heterocycles. The summed E-state index contributed by atoms with van der Waals surface area (Å²) in [5.74, 6) is 1.57. The Morgan fingerprint density at radius 3 is 2.45 bits per heavy atom. The number of amides is 1. The summed E-state index contributed by atoms with van der Waals surface area (Å²) in [6.45, 7) is 6.07. The fourth-order valence-corrected chi connectivity index (χ4v) is 7.90. The molecule has 5 rings (SSSR count). The van der Waals surface area contributed by atoms with Gasteiger partial charge in [0.05, 0.1) is 17.6 Å². The van der Waals surface area contributed by atoms with Gasteiger partial charge in [-0.2, -0.15) is 0 Å². The van der Waals surface area contributed by atoms with Gasteiger partial charge in [0.1, 0.15) is 12.3 Å². The molecule has 3 unspecified atom stereocenters. The molecule has 0 aliphatic carbocycles. The molecule has 0 spiro atoms. The predicted molar refractivity (Wildman–Crippen MR) is 191 cm³/mol. The Kier molecular flexibility index (Phi) is 14.3. The largest absolute Gasteiger partial charge is 0.456 e. The van der Waals surface area contributed by atoms with E-state index in [1.54, 1.807) is 6.92 Å². The first kappa shape index (κ1) is 38.1. The zero-order valence-electron chi connectivity index (χ0n) is 28.6. The lowest BCUT2D eigenvalue weighted by molar-refractivity contribution is -0.384. The first-order chi connectivity index (χ1) is 23.6. The molecule has 1 saturated heterocycles. The molecule has 3 aliphatic rings. The third-order valence-electron chi connectivity index (χ3n) is 8.74. The average molecular weight is 715 g/mol. The van der Waals surface area contributed by atoms with E-state index in [4.69, 9.17) is 14.2 Å². The van der Waals surface area contributed by atoms with E-state index >= 15 is 0 Å². The standard InChI is InChI=1S/C18H18N2O6S.C18H28O3S/c1-10(8-21)15-13-7-14(27-2)16(19(13)17(15)22)18(23)26-9-11-3-5-12(6-4-11)20(24)25;1-3-4-5-6-7-8-11-22(19)15(2)12-16-9-10-17-18(13-16)21-14-20-17/h3-6,13,21H,7-9H2,1-2H3;9-10,13,15H,3-8,11-12,14H2,1-2H3/b15-10-;. The van der Waals surface area contributed by atoms with Gasteiger partial charge >= 0.3 is 5.97 Å². The SMILES string of the molecule is CCCCCCCCS(=O)C(C)Cc1ccc2c(c1)OCO2.CSC1=C(C(=O)OCc2ccc([N+](=O)[O-])cc2)N2C(=O)/C(=C(/C)CO)C2C1. The zero-order valence-corrected chi connectivity index (χ0v) is 30.2. The summed E-state index contributed by atoms with van der Waals surface area (Å²) in [6.07, 6.45) is 10.7. The van der Waals surface area contributed by atoms with Gasteiger partial charge in [0, 0.05) is 50.8 Å². The van der Waals surface area contributed by atoms with E-state index in [1.807, 2.05) is 24.5 Å². The molecule has 1 N–H and O–H groups in total. The van der Waals surface area contributed by atoms with Gasteiger partial charge in [-0.3, -0.25) is 24.0 Å². The summed E-state index contributed by atoms with van der Waals surface area (Å²) in [7, 11) is -0.743. The van der Waals surface area contributed by atoms with Gasteiger partial charge in [0.2, 0.25) is 6.79 Å². The maximum atomic E-state index is 12.6. The number of unbranched alkanes of at least 4 members (excludes halogenated alkanes) is 5. The van der Waals surface area contributed by atoms with Crippen LogP contribution in [0.15, 0.2) is 64.2 Å². The van der Waals surface area contributed by atoms with Crippen molar-refractivity contribution in [1.82, 2.24) is 4.90 Å². The lowest BCUT2D eigenvalue weighted by atomic mass is 9.90. The molecule has 2 aromatic rings. The Hall–Kier alpha value is -3.68. The second-order valence-corrected chi connectivity index (χ2v) is 15.2. The number of rotatable bonds is 16. The summed E-state index contributed by atoms with van der Waals surface area (Å²) in [5, 5.41) is 20.2. The van der Waals surface area contributed by atoms with E-state index in [-0.39, 0.29) is 41.8 Å². The smallest absolute Gasteiger partial charge is 0.356 e. The van der Waals surface area contributed by atoms with Crippen LogP contribution in [0.5, 0.6) is 11.5 Å². The van der Waals surface area contributed by atoms with Crippen molar-refractivity contribution in [2.45, 2.75) is 90.0 Å². The van der Waals surface area contributed by atoms with Crippen LogP contribution in [0.4, 0.5) is 5.69 Å². The van der Waals surface area contributed by atoms with Crippen LogP contribution in [0.2, 0.25) is 0 Å². The van der Waals surface area contributed by atoms with Crippen molar-refractivity contribution < 1.29 is 38.0 Å². The monoisotopic (exact) mass is 714 g/mol. The van der Waals surface area contributed by atoms with E-state index in [0.29, 0.717) is 29.9 Å². The van der Waals surface area contributed by atoms with Crippen LogP contribution < -0.4 is 9.47 Å². The van der Waals surface area contributed by atoms with Crippen LogP contribution in [0.1, 0.15) is 76.8 Å². The Morgan fingerprint density at radius 2 is 1.78 bits per heavy atom. The molecule has 13 heteroatoms. The number of thioether (sulfide) groups is 1. The molecular weight excluding hydrogens is 669 g/mol. The number of ether oxygens (including phenoxy) is 3. The minimum Gasteiger partial charge on any atom is -0.456 e. The number of nitro groups is 1. The number of carbonyl (C=O) groups excluding carboxylic acids is 2. The Bertz CT molecular complexity index is 1590. The number of fused-ring (bicyclic) bond motifs is 2. The number of hydrogen-bond donors (Lipinski definition) is 1. The van der Waals surface area contributed by atoms with Gasteiger partial charge in [-0.25, -0.2) is 4.79 Å². The molecule has 2 aromatic carbocycles. The van der Waals surface area contributed by atoms with E-state index < -0.39 is 21.7 Å². The second kappa shape index (κ2) is 18.4. The van der Waals surface area contributed by atoms with E-state index in [2.05, 4.69) is 13.8 Å². The van der Waals surface area contributed by atoms with E-state index in [0.717, 1.165) is 35.0 Å². The van der Waals surface area contributed by atoms with Gasteiger partial charge in [-0.15, -0.1) is 11.8 Å². The molecule has 3 heterocycles.